The molecule has 3 N–H and O–H groups in total. The first-order valence-corrected chi connectivity index (χ1v) is 11.6. The van der Waals surface area contributed by atoms with Crippen LogP contribution in [0.5, 0.6) is 5.75 Å². The van der Waals surface area contributed by atoms with E-state index in [4.69, 9.17) is 4.74 Å². The van der Waals surface area contributed by atoms with Gasteiger partial charge in [-0.05, 0) is 36.6 Å². The van der Waals surface area contributed by atoms with Gasteiger partial charge in [0.2, 0.25) is 21.8 Å². The van der Waals surface area contributed by atoms with Crippen LogP contribution in [0, 0.1) is 5.92 Å². The zero-order chi connectivity index (χ0) is 21.3. The van der Waals surface area contributed by atoms with Crippen molar-refractivity contribution >= 4 is 27.5 Å². The standard InChI is InChI=1S/C20H31N3O5S/c1-15(24)22-19(14-16-6-4-3-5-7-16)20(25)21-12-13-29(26,27)23-17-8-10-18(28-2)11-9-17/h8-11,16,19,23H,3-7,12-14H2,1-2H3,(H,21,25)(H,22,24). The Kier molecular flexibility index (Phi) is 8.75. The third kappa shape index (κ3) is 8.31. The molecule has 0 saturated heterocycles. The second kappa shape index (κ2) is 11.0. The van der Waals surface area contributed by atoms with Crippen molar-refractivity contribution in [3.63, 3.8) is 0 Å². The topological polar surface area (TPSA) is 114 Å². The number of nitrogens with one attached hydrogen (secondary N) is 3. The molecule has 1 aliphatic rings. The summed E-state index contributed by atoms with van der Waals surface area (Å²) >= 11 is 0. The Labute approximate surface area is 172 Å². The summed E-state index contributed by atoms with van der Waals surface area (Å²) in [5, 5.41) is 5.34. The Morgan fingerprint density at radius 3 is 2.38 bits per heavy atom. The van der Waals surface area contributed by atoms with Crippen molar-refractivity contribution in [1.29, 1.82) is 0 Å². The monoisotopic (exact) mass is 425 g/mol. The predicted molar refractivity (Wildman–Crippen MR) is 112 cm³/mol. The van der Waals surface area contributed by atoms with Crippen LogP contribution in [0.4, 0.5) is 5.69 Å². The highest BCUT2D eigenvalue weighted by atomic mass is 32.2. The van der Waals surface area contributed by atoms with Crippen LogP contribution in [0.1, 0.15) is 45.4 Å². The zero-order valence-corrected chi connectivity index (χ0v) is 17.9. The predicted octanol–water partition coefficient (Wildman–Crippen LogP) is 2.03. The van der Waals surface area contributed by atoms with Crippen LogP contribution in [0.15, 0.2) is 24.3 Å². The number of carbonyl (C=O) groups is 2. The Bertz CT molecular complexity index is 774. The Hall–Kier alpha value is -2.29. The van der Waals surface area contributed by atoms with Crippen LogP contribution >= 0.6 is 0 Å². The van der Waals surface area contributed by atoms with Gasteiger partial charge >= 0.3 is 0 Å². The molecule has 1 fully saturated rings. The highest BCUT2D eigenvalue weighted by Crippen LogP contribution is 2.27. The molecule has 1 aromatic rings. The number of rotatable bonds is 10. The van der Waals surface area contributed by atoms with Crippen molar-refractivity contribution in [2.75, 3.05) is 24.1 Å². The number of methoxy groups -OCH3 is 1. The van der Waals surface area contributed by atoms with Gasteiger partial charge in [-0.25, -0.2) is 8.42 Å². The van der Waals surface area contributed by atoms with Gasteiger partial charge in [0.1, 0.15) is 11.8 Å². The molecule has 9 heteroatoms. The van der Waals surface area contributed by atoms with E-state index >= 15 is 0 Å². The van der Waals surface area contributed by atoms with Gasteiger partial charge in [0.25, 0.3) is 0 Å². The Balaban J connectivity index is 1.84. The van der Waals surface area contributed by atoms with E-state index in [1.165, 1.54) is 20.5 Å². The SMILES string of the molecule is COc1ccc(NS(=O)(=O)CCNC(=O)C(CC2CCCCC2)NC(C)=O)cc1. The molecule has 29 heavy (non-hydrogen) atoms. The van der Waals surface area contributed by atoms with Gasteiger partial charge < -0.3 is 15.4 Å². The summed E-state index contributed by atoms with van der Waals surface area (Å²) in [6, 6.07) is 5.89. The molecule has 2 rings (SSSR count). The third-order valence-corrected chi connectivity index (χ3v) is 6.31. The molecule has 0 aromatic heterocycles. The lowest BCUT2D eigenvalue weighted by Gasteiger charge is -2.26. The van der Waals surface area contributed by atoms with E-state index in [-0.39, 0.29) is 24.1 Å². The number of anilines is 1. The molecule has 1 unspecified atom stereocenters. The summed E-state index contributed by atoms with van der Waals surface area (Å²) < 4.78 is 32.0. The van der Waals surface area contributed by atoms with Crippen LogP contribution in [-0.2, 0) is 19.6 Å². The fourth-order valence-corrected chi connectivity index (χ4v) is 4.52. The van der Waals surface area contributed by atoms with Crippen molar-refractivity contribution in [2.45, 2.75) is 51.5 Å². The maximum atomic E-state index is 12.5. The normalized spacial score (nSPS) is 15.9. The first-order valence-electron chi connectivity index (χ1n) is 9.98. The molecule has 0 aliphatic heterocycles. The number of sulfonamides is 1. The summed E-state index contributed by atoms with van der Waals surface area (Å²) in [5.74, 6) is 0.162. The van der Waals surface area contributed by atoms with Crippen molar-refractivity contribution in [1.82, 2.24) is 10.6 Å². The van der Waals surface area contributed by atoms with Crippen LogP contribution in [0.3, 0.4) is 0 Å². The van der Waals surface area contributed by atoms with E-state index in [0.717, 1.165) is 25.7 Å². The average Bonchev–Trinajstić information content (AvgIpc) is 2.68. The van der Waals surface area contributed by atoms with Gasteiger partial charge in [-0.1, -0.05) is 32.1 Å². The molecule has 0 bridgehead atoms. The van der Waals surface area contributed by atoms with E-state index in [1.807, 2.05) is 0 Å². The van der Waals surface area contributed by atoms with Gasteiger partial charge in [-0.3, -0.25) is 14.3 Å². The van der Waals surface area contributed by atoms with Crippen molar-refractivity contribution in [2.24, 2.45) is 5.92 Å². The number of amides is 2. The number of ether oxygens (including phenoxy) is 1. The first kappa shape index (κ1) is 23.0. The Morgan fingerprint density at radius 2 is 1.79 bits per heavy atom. The highest BCUT2D eigenvalue weighted by Gasteiger charge is 2.25. The number of carbonyl (C=O) groups excluding carboxylic acids is 2. The lowest BCUT2D eigenvalue weighted by Crippen LogP contribution is -2.48. The molecule has 1 aliphatic carbocycles. The molecule has 0 heterocycles. The van der Waals surface area contributed by atoms with Gasteiger partial charge in [-0.2, -0.15) is 0 Å². The largest absolute Gasteiger partial charge is 0.497 e. The average molecular weight is 426 g/mol. The molecule has 1 aromatic carbocycles. The lowest BCUT2D eigenvalue weighted by molar-refractivity contribution is -0.128. The minimum absolute atomic E-state index is 0.0366. The Morgan fingerprint density at radius 1 is 1.14 bits per heavy atom. The van der Waals surface area contributed by atoms with Gasteiger partial charge in [-0.15, -0.1) is 0 Å². The number of hydrogen-bond acceptors (Lipinski definition) is 5. The molecule has 8 nitrogen and oxygen atoms in total. The minimum atomic E-state index is -3.62. The van der Waals surface area contributed by atoms with E-state index in [0.29, 0.717) is 23.8 Å². The molecule has 2 amide bonds. The molecule has 1 atom stereocenters. The minimum Gasteiger partial charge on any atom is -0.497 e. The first-order chi connectivity index (χ1) is 13.8. The van der Waals surface area contributed by atoms with E-state index < -0.39 is 16.1 Å². The molecule has 0 spiro atoms. The van der Waals surface area contributed by atoms with E-state index in [2.05, 4.69) is 15.4 Å². The maximum absolute atomic E-state index is 12.5. The van der Waals surface area contributed by atoms with Crippen molar-refractivity contribution in [3.8, 4) is 5.75 Å². The third-order valence-electron chi connectivity index (χ3n) is 5.02. The van der Waals surface area contributed by atoms with Crippen LogP contribution in [0.25, 0.3) is 0 Å². The van der Waals surface area contributed by atoms with E-state index in [1.54, 1.807) is 24.3 Å². The van der Waals surface area contributed by atoms with Crippen LogP contribution in [-0.4, -0.2) is 45.7 Å². The second-order valence-electron chi connectivity index (χ2n) is 7.43. The molecular formula is C20H31N3O5S. The van der Waals surface area contributed by atoms with Gasteiger partial charge in [0.15, 0.2) is 0 Å². The summed E-state index contributed by atoms with van der Waals surface area (Å²) in [5.41, 5.74) is 0.422. The zero-order valence-electron chi connectivity index (χ0n) is 17.1. The number of hydrogen-bond donors (Lipinski definition) is 3. The molecule has 162 valence electrons. The summed E-state index contributed by atoms with van der Waals surface area (Å²) in [6.07, 6.45) is 6.21. The fraction of sp³-hybridized carbons (Fsp3) is 0.600. The van der Waals surface area contributed by atoms with Crippen molar-refractivity contribution < 1.29 is 22.7 Å². The maximum Gasteiger partial charge on any atom is 0.242 e. The highest BCUT2D eigenvalue weighted by molar-refractivity contribution is 7.92. The molecular weight excluding hydrogens is 394 g/mol. The second-order valence-corrected chi connectivity index (χ2v) is 9.28. The summed E-state index contributed by atoms with van der Waals surface area (Å²) in [6.45, 7) is 1.34. The number of benzene rings is 1. The fourth-order valence-electron chi connectivity index (χ4n) is 3.55. The van der Waals surface area contributed by atoms with Crippen LogP contribution < -0.4 is 20.1 Å². The van der Waals surface area contributed by atoms with Gasteiger partial charge in [0, 0.05) is 19.2 Å². The summed E-state index contributed by atoms with van der Waals surface area (Å²) in [4.78, 5) is 24.0. The molecule has 0 radical (unpaired) electrons. The van der Waals surface area contributed by atoms with E-state index in [9.17, 15) is 18.0 Å². The lowest BCUT2D eigenvalue weighted by atomic mass is 9.84. The van der Waals surface area contributed by atoms with Crippen LogP contribution in [0.2, 0.25) is 0 Å². The smallest absolute Gasteiger partial charge is 0.242 e. The quantitative estimate of drug-likeness (QED) is 0.531. The summed E-state index contributed by atoms with van der Waals surface area (Å²) in [7, 11) is -2.09. The van der Waals surface area contributed by atoms with Gasteiger partial charge in [0.05, 0.1) is 12.9 Å². The van der Waals surface area contributed by atoms with Crippen molar-refractivity contribution in [3.05, 3.63) is 24.3 Å². The molecule has 1 saturated carbocycles.